The van der Waals surface area contributed by atoms with Crippen LogP contribution in [0.25, 0.3) is 0 Å². The van der Waals surface area contributed by atoms with Gasteiger partial charge in [-0.15, -0.1) is 11.6 Å². The van der Waals surface area contributed by atoms with Gasteiger partial charge < -0.3 is 0 Å². The van der Waals surface area contributed by atoms with E-state index in [4.69, 9.17) is 11.6 Å². The van der Waals surface area contributed by atoms with E-state index in [0.29, 0.717) is 5.56 Å². The molecule has 0 saturated heterocycles. The third-order valence-corrected chi connectivity index (χ3v) is 4.34. The van der Waals surface area contributed by atoms with Gasteiger partial charge in [0.05, 0.1) is 5.88 Å². The van der Waals surface area contributed by atoms with Crippen molar-refractivity contribution in [3.63, 3.8) is 0 Å². The number of allylic oxidation sites excluding steroid dienone is 2. The fourth-order valence-electron chi connectivity index (χ4n) is 1.40. The minimum absolute atomic E-state index is 0.0199. The third-order valence-electron chi connectivity index (χ3n) is 2.21. The van der Waals surface area contributed by atoms with E-state index in [1.54, 1.807) is 0 Å². The first-order valence-corrected chi connectivity index (χ1v) is 6.65. The maximum absolute atomic E-state index is 11.3. The van der Waals surface area contributed by atoms with Crippen LogP contribution < -0.4 is 0 Å². The zero-order valence-corrected chi connectivity index (χ0v) is 9.71. The number of Topliss-reactive ketones (excluding diaryl/α,β-unsaturated/α-hetero) is 1. The molecule has 0 bridgehead atoms. The normalized spacial score (nSPS) is 15.9. The van der Waals surface area contributed by atoms with Crippen molar-refractivity contribution in [1.82, 2.24) is 0 Å². The van der Waals surface area contributed by atoms with E-state index in [9.17, 15) is 4.79 Å². The predicted octanol–water partition coefficient (Wildman–Crippen LogP) is 3.51. The Kier molecular flexibility index (Phi) is 3.29. The molecular weight excluding hydrogens is 228 g/mol. The lowest BCUT2D eigenvalue weighted by Crippen LogP contribution is -1.99. The van der Waals surface area contributed by atoms with Crippen LogP contribution in [0.3, 0.4) is 0 Å². The van der Waals surface area contributed by atoms with Crippen molar-refractivity contribution in [2.24, 2.45) is 0 Å². The first kappa shape index (κ1) is 10.5. The van der Waals surface area contributed by atoms with Crippen LogP contribution in [0, 0.1) is 0 Å². The van der Waals surface area contributed by atoms with E-state index >= 15 is 0 Å². The van der Waals surface area contributed by atoms with E-state index in [-0.39, 0.29) is 22.6 Å². The maximum Gasteiger partial charge on any atom is 0.177 e. The standard InChI is InChI=1S/C12H11ClOS/c13-9-12(14)10-3-5-11(6-4-10)15-7-1-2-8-15/h1-8,15H,9H2. The van der Waals surface area contributed by atoms with E-state index in [1.807, 2.05) is 24.3 Å². The second kappa shape index (κ2) is 4.69. The van der Waals surface area contributed by atoms with Gasteiger partial charge in [0.1, 0.15) is 0 Å². The molecular formula is C12H11ClOS. The molecule has 1 heterocycles. The van der Waals surface area contributed by atoms with E-state index in [2.05, 4.69) is 23.0 Å². The second-order valence-electron chi connectivity index (χ2n) is 3.19. The molecule has 0 aliphatic carbocycles. The highest BCUT2D eigenvalue weighted by Crippen LogP contribution is 2.41. The van der Waals surface area contributed by atoms with Crippen LogP contribution in [0.15, 0.2) is 52.1 Å². The number of carbonyl (C=O) groups excluding carboxylic acids is 1. The average Bonchev–Trinajstić information content (AvgIpc) is 2.82. The van der Waals surface area contributed by atoms with Crippen molar-refractivity contribution in [2.75, 3.05) is 5.88 Å². The molecule has 3 heteroatoms. The van der Waals surface area contributed by atoms with Crippen LogP contribution in [0.2, 0.25) is 0 Å². The smallest absolute Gasteiger partial charge is 0.177 e. The Hall–Kier alpha value is -0.990. The summed E-state index contributed by atoms with van der Waals surface area (Å²) in [6.45, 7) is 0. The van der Waals surface area contributed by atoms with Gasteiger partial charge in [0.2, 0.25) is 0 Å². The highest BCUT2D eigenvalue weighted by Gasteiger charge is 2.06. The lowest BCUT2D eigenvalue weighted by Gasteiger charge is -2.10. The fraction of sp³-hybridized carbons (Fsp3) is 0.0833. The van der Waals surface area contributed by atoms with E-state index in [1.165, 1.54) is 4.90 Å². The summed E-state index contributed by atoms with van der Waals surface area (Å²) in [6.07, 6.45) is 4.12. The molecule has 0 fully saturated rings. The van der Waals surface area contributed by atoms with Gasteiger partial charge in [0, 0.05) is 5.56 Å². The van der Waals surface area contributed by atoms with Crippen LogP contribution in [-0.2, 0) is 0 Å². The first-order chi connectivity index (χ1) is 7.31. The maximum atomic E-state index is 11.3. The number of halogens is 1. The Bertz CT molecular complexity index is 408. The van der Waals surface area contributed by atoms with Crippen molar-refractivity contribution >= 4 is 28.3 Å². The molecule has 0 N–H and O–H groups in total. The van der Waals surface area contributed by atoms with Gasteiger partial charge in [-0.1, -0.05) is 24.3 Å². The molecule has 2 rings (SSSR count). The fourth-order valence-corrected chi connectivity index (χ4v) is 3.06. The Morgan fingerprint density at radius 2 is 1.73 bits per heavy atom. The van der Waals surface area contributed by atoms with Crippen molar-refractivity contribution in [3.05, 3.63) is 52.8 Å². The number of carbonyl (C=O) groups is 1. The summed E-state index contributed by atoms with van der Waals surface area (Å²) >= 11 is 5.49. The summed E-state index contributed by atoms with van der Waals surface area (Å²) in [7, 11) is -0.282. The molecule has 0 amide bonds. The first-order valence-electron chi connectivity index (χ1n) is 4.64. The molecule has 0 saturated carbocycles. The zero-order chi connectivity index (χ0) is 10.7. The summed E-state index contributed by atoms with van der Waals surface area (Å²) in [5, 5.41) is 4.38. The van der Waals surface area contributed by atoms with Gasteiger partial charge >= 0.3 is 0 Å². The number of thiol groups is 1. The lowest BCUT2D eigenvalue weighted by atomic mass is 10.1. The largest absolute Gasteiger partial charge is 0.293 e. The molecule has 1 nitrogen and oxygen atoms in total. The molecule has 78 valence electrons. The average molecular weight is 239 g/mol. The Balaban J connectivity index is 2.20. The summed E-state index contributed by atoms with van der Waals surface area (Å²) < 4.78 is 0. The van der Waals surface area contributed by atoms with Gasteiger partial charge in [-0.05, 0) is 27.8 Å². The van der Waals surface area contributed by atoms with Crippen molar-refractivity contribution in [1.29, 1.82) is 0 Å². The van der Waals surface area contributed by atoms with Crippen LogP contribution in [-0.4, -0.2) is 11.7 Å². The van der Waals surface area contributed by atoms with Gasteiger partial charge in [-0.2, -0.15) is 10.9 Å². The summed E-state index contributed by atoms with van der Waals surface area (Å²) in [5.74, 6) is 0.0296. The third kappa shape index (κ3) is 2.33. The van der Waals surface area contributed by atoms with Crippen molar-refractivity contribution < 1.29 is 4.79 Å². The van der Waals surface area contributed by atoms with Gasteiger partial charge in [0.25, 0.3) is 0 Å². The highest BCUT2D eigenvalue weighted by molar-refractivity contribution is 8.22. The molecule has 0 atom stereocenters. The molecule has 1 aliphatic rings. The van der Waals surface area contributed by atoms with Crippen molar-refractivity contribution in [3.8, 4) is 0 Å². The quantitative estimate of drug-likeness (QED) is 0.485. The topological polar surface area (TPSA) is 17.1 Å². The zero-order valence-electron chi connectivity index (χ0n) is 8.06. The minimum atomic E-state index is -0.282. The van der Waals surface area contributed by atoms with Crippen LogP contribution in [0.5, 0.6) is 0 Å². The summed E-state index contributed by atoms with van der Waals surface area (Å²) in [6, 6.07) is 7.71. The molecule has 1 aromatic rings. The predicted molar refractivity (Wildman–Crippen MR) is 67.0 cm³/mol. The summed E-state index contributed by atoms with van der Waals surface area (Å²) in [4.78, 5) is 12.6. The molecule has 15 heavy (non-hydrogen) atoms. The highest BCUT2D eigenvalue weighted by atomic mass is 35.5. The number of ketones is 1. The summed E-state index contributed by atoms with van der Waals surface area (Å²) in [5.41, 5.74) is 0.691. The van der Waals surface area contributed by atoms with Gasteiger partial charge in [-0.25, -0.2) is 0 Å². The molecule has 1 aliphatic heterocycles. The lowest BCUT2D eigenvalue weighted by molar-refractivity contribution is 0.102. The van der Waals surface area contributed by atoms with Gasteiger partial charge in [0.15, 0.2) is 5.78 Å². The molecule has 0 spiro atoms. The van der Waals surface area contributed by atoms with Crippen LogP contribution in [0.1, 0.15) is 10.4 Å². The van der Waals surface area contributed by atoms with Crippen LogP contribution >= 0.6 is 22.5 Å². The molecule has 1 aromatic carbocycles. The van der Waals surface area contributed by atoms with Crippen molar-refractivity contribution in [2.45, 2.75) is 4.90 Å². The number of alkyl halides is 1. The molecule has 0 aromatic heterocycles. The number of hydrogen-bond acceptors (Lipinski definition) is 1. The SMILES string of the molecule is O=C(CCl)c1ccc([SH]2C=CC=C2)cc1. The van der Waals surface area contributed by atoms with E-state index < -0.39 is 0 Å². The molecule has 0 unspecified atom stereocenters. The minimum Gasteiger partial charge on any atom is -0.293 e. The van der Waals surface area contributed by atoms with E-state index in [0.717, 1.165) is 0 Å². The molecule has 0 radical (unpaired) electrons. The number of rotatable bonds is 3. The van der Waals surface area contributed by atoms with Gasteiger partial charge in [-0.3, -0.25) is 4.79 Å². The Morgan fingerprint density at radius 3 is 2.27 bits per heavy atom. The Labute approximate surface area is 96.8 Å². The monoisotopic (exact) mass is 238 g/mol. The second-order valence-corrected chi connectivity index (χ2v) is 5.39. The number of benzene rings is 1. The number of hydrogen-bond donors (Lipinski definition) is 1. The van der Waals surface area contributed by atoms with Crippen LogP contribution in [0.4, 0.5) is 0 Å². The Morgan fingerprint density at radius 1 is 1.13 bits per heavy atom.